The zero-order chi connectivity index (χ0) is 92.1. The molecule has 0 fully saturated rings. The molecule has 0 aliphatic carbocycles. The van der Waals surface area contributed by atoms with Gasteiger partial charge >= 0.3 is 34.1 Å². The van der Waals surface area contributed by atoms with Crippen molar-refractivity contribution < 1.29 is 56.8 Å². The van der Waals surface area contributed by atoms with E-state index in [0.29, 0.717) is 112 Å². The third kappa shape index (κ3) is 27.3. The van der Waals surface area contributed by atoms with Gasteiger partial charge in [0.25, 0.3) is 33.4 Å². The summed E-state index contributed by atoms with van der Waals surface area (Å²) in [5.74, 6) is 0. The predicted octanol–water partition coefficient (Wildman–Crippen LogP) is 7.00. The average Bonchev–Trinajstić information content (AvgIpc) is 1.81. The molecular formula is C89H130N12O24. The number of ether oxygens (including phenoxy) is 12. The first-order valence-corrected chi connectivity index (χ1v) is 43.0. The largest absolute Gasteiger partial charge is 0.382 e. The quantitative estimate of drug-likeness (QED) is 0.0295. The first-order chi connectivity index (χ1) is 59.7. The van der Waals surface area contributed by atoms with Crippen molar-refractivity contribution >= 4 is 0 Å². The van der Waals surface area contributed by atoms with Crippen LogP contribution in [0.5, 0.6) is 0 Å². The molecule has 0 saturated heterocycles. The van der Waals surface area contributed by atoms with Crippen molar-refractivity contribution in [3.8, 4) is 0 Å². The van der Waals surface area contributed by atoms with Gasteiger partial charge < -0.3 is 56.8 Å². The second kappa shape index (κ2) is 49.8. The lowest BCUT2D eigenvalue weighted by molar-refractivity contribution is -0.0447. The van der Waals surface area contributed by atoms with E-state index in [1.807, 2.05) is 116 Å². The van der Waals surface area contributed by atoms with Crippen LogP contribution >= 0.6 is 0 Å². The standard InChI is InChI=1S/C18H28N2O4.2C16H24N2O4.C14H20N2O4.C13H18N2O4.C12H16N2O4/c1-4-6-10-19-17(21)14(3)12-20(18(19)22)16-9-8-15(24-16)13-23-11-7-5-2;1-10(2)18-15(19)12(5)8-17(16(18)20)14-7-6-13(22-14)9-21-11(3)4;1-4-8-17-15(19)12(3)10-18(16(17)20)14-7-6-13(22-14)11-21-9-5-2;1-4-15-13(17)10(3)8-16(14(15)18)12-7-6-11(20-12)9-19-5-2;1-4-14-12(16)9(2)7-15(13(14)17)11-6-5-10(19-11)8-18-3;1-8-6-14(12(16)13(2)11(8)15)10-5-4-9(18-10)7-17-3/h8-9,12,15-16H,4-7,10-11,13H2,1-3H3;6-8,10-11,13-14H,9H2,1-5H3;6-7,10,13-14H,4-5,8-9,11H2,1-3H3;6-8,11-12H,4-5,9H2,1-3H3;5-7,10-11H,4,8H2,1-3H3;4-6,9-10H,7H2,1-3H3/t15-,16+;2*13-,14+;11-,12+;10-,11+;9-,10+/m000000/s1. The molecule has 0 saturated carbocycles. The summed E-state index contributed by atoms with van der Waals surface area (Å²) in [4.78, 5) is 146. The molecule has 0 unspecified atom stereocenters. The molecule has 6 aliphatic rings. The highest BCUT2D eigenvalue weighted by Crippen LogP contribution is 2.26. The Hall–Kier alpha value is -9.96. The van der Waals surface area contributed by atoms with Crippen molar-refractivity contribution in [2.75, 3.05) is 73.7 Å². The summed E-state index contributed by atoms with van der Waals surface area (Å²) < 4.78 is 82.5. The van der Waals surface area contributed by atoms with E-state index in [2.05, 4.69) is 6.92 Å². The van der Waals surface area contributed by atoms with Crippen molar-refractivity contribution in [3.63, 3.8) is 0 Å². The van der Waals surface area contributed by atoms with Crippen molar-refractivity contribution in [3.05, 3.63) is 269 Å². The Bertz CT molecular complexity index is 5520. The minimum absolute atomic E-state index is 0.129. The van der Waals surface area contributed by atoms with E-state index in [-0.39, 0.29) is 111 Å². The number of hydrogen-bond acceptors (Lipinski definition) is 24. The highest BCUT2D eigenvalue weighted by Gasteiger charge is 2.30. The molecule has 6 aromatic heterocycles. The van der Waals surface area contributed by atoms with Crippen LogP contribution in [0.2, 0.25) is 0 Å². The van der Waals surface area contributed by atoms with Gasteiger partial charge in [-0.1, -0.05) is 77.0 Å². The smallest absolute Gasteiger partial charge is 0.333 e. The maximum atomic E-state index is 12.6. The van der Waals surface area contributed by atoms with Gasteiger partial charge in [0.05, 0.1) is 45.7 Å². The van der Waals surface area contributed by atoms with Crippen molar-refractivity contribution in [1.82, 2.24) is 54.8 Å². The zero-order valence-electron chi connectivity index (χ0n) is 76.1. The van der Waals surface area contributed by atoms with Crippen LogP contribution in [0.15, 0.2) is 168 Å². The van der Waals surface area contributed by atoms with E-state index < -0.39 is 43.1 Å². The Labute approximate surface area is 726 Å². The van der Waals surface area contributed by atoms with E-state index in [4.69, 9.17) is 56.8 Å². The molecule has 0 spiro atoms. The average molecular weight is 1750 g/mol. The van der Waals surface area contributed by atoms with Gasteiger partial charge in [0, 0.05) is 144 Å². The molecule has 36 heteroatoms. The number of hydrogen-bond donors (Lipinski definition) is 0. The number of aryl methyl sites for hydroxylation is 6. The summed E-state index contributed by atoms with van der Waals surface area (Å²) in [7, 11) is 4.64. The van der Waals surface area contributed by atoms with Crippen LogP contribution in [0, 0.1) is 41.5 Å². The number of unbranched alkanes of at least 4 members (excludes halogenated alkanes) is 2. The van der Waals surface area contributed by atoms with Crippen molar-refractivity contribution in [2.24, 2.45) is 7.05 Å². The summed E-state index contributed by atoms with van der Waals surface area (Å²) in [5.41, 5.74) is -0.430. The Balaban J connectivity index is 0.000000206. The molecule has 6 aliphatic heterocycles. The number of rotatable bonds is 33. The molecule has 6 aromatic rings. The van der Waals surface area contributed by atoms with E-state index in [1.54, 1.807) is 113 Å². The predicted molar refractivity (Wildman–Crippen MR) is 473 cm³/mol. The first-order valence-electron chi connectivity index (χ1n) is 43.0. The van der Waals surface area contributed by atoms with Crippen molar-refractivity contribution in [2.45, 2.75) is 269 Å². The summed E-state index contributed by atoms with van der Waals surface area (Å²) in [5, 5.41) is 0. The minimum atomic E-state index is -0.502. The van der Waals surface area contributed by atoms with Crippen LogP contribution in [0.3, 0.4) is 0 Å². The molecule has 0 N–H and O–H groups in total. The lowest BCUT2D eigenvalue weighted by Crippen LogP contribution is -2.43. The van der Waals surface area contributed by atoms with Gasteiger partial charge in [-0.2, -0.15) is 0 Å². The van der Waals surface area contributed by atoms with Crippen LogP contribution < -0.4 is 67.5 Å². The molecule has 12 rings (SSSR count). The number of aromatic nitrogens is 12. The normalized spacial score (nSPS) is 21.3. The molecule has 36 nitrogen and oxygen atoms in total. The van der Waals surface area contributed by atoms with E-state index in [1.165, 1.54) is 63.5 Å². The Morgan fingerprint density at radius 2 is 0.624 bits per heavy atom. The molecular weight excluding hydrogens is 1620 g/mol. The SMILES string of the molecule is CCCCOC[C@@H]1C=C[C@H](n2cc(C)c(=O)n(CCCC)c2=O)O1.CCCOC[C@@H]1C=C[C@H](n2cc(C)c(=O)n(CCC)c2=O)O1.CCOC[C@@H]1C=C[C@H](n2cc(C)c(=O)n(CC)c2=O)O1.CCn1c(=O)c(C)cn([C@H]2C=C[C@@H](COC)O2)c1=O.COC[C@@H]1C=C[C@H](n2cc(C)c(=O)n(C)c2=O)O1.Cc1cn([C@H]2C=C[C@@H](COC(C)C)O2)c(=O)n(C(C)C)c1=O. The topological polar surface area (TPSA) is 375 Å². The van der Waals surface area contributed by atoms with E-state index >= 15 is 0 Å². The van der Waals surface area contributed by atoms with Gasteiger partial charge in [0.2, 0.25) is 0 Å². The van der Waals surface area contributed by atoms with Gasteiger partial charge in [-0.05, 0) is 152 Å². The third-order valence-electron chi connectivity index (χ3n) is 20.4. The second-order valence-corrected chi connectivity index (χ2v) is 31.2. The summed E-state index contributed by atoms with van der Waals surface area (Å²) in [6.45, 7) is 37.7. The van der Waals surface area contributed by atoms with Crippen molar-refractivity contribution in [1.29, 1.82) is 0 Å². The van der Waals surface area contributed by atoms with E-state index in [0.717, 1.165) is 49.7 Å². The Morgan fingerprint density at radius 1 is 0.320 bits per heavy atom. The maximum absolute atomic E-state index is 12.6. The van der Waals surface area contributed by atoms with Crippen LogP contribution in [0.4, 0.5) is 0 Å². The fraction of sp³-hybridized carbons (Fsp3) is 0.596. The molecule has 12 heterocycles. The summed E-state index contributed by atoms with van der Waals surface area (Å²) in [6.07, 6.45) is 33.3. The van der Waals surface area contributed by atoms with Crippen LogP contribution in [0.25, 0.3) is 0 Å². The number of nitrogens with zero attached hydrogens (tertiary/aromatic N) is 12. The highest BCUT2D eigenvalue weighted by molar-refractivity contribution is 5.15. The van der Waals surface area contributed by atoms with Crippen LogP contribution in [-0.2, 0) is 90.1 Å². The molecule has 0 amide bonds. The Morgan fingerprint density at radius 3 is 0.952 bits per heavy atom. The van der Waals surface area contributed by atoms with Gasteiger partial charge in [-0.15, -0.1) is 0 Å². The minimum Gasteiger partial charge on any atom is -0.382 e. The third-order valence-corrected chi connectivity index (χ3v) is 20.4. The molecule has 690 valence electrons. The fourth-order valence-electron chi connectivity index (χ4n) is 13.7. The van der Waals surface area contributed by atoms with Gasteiger partial charge in [0.1, 0.15) is 36.6 Å². The maximum Gasteiger partial charge on any atom is 0.333 e. The molecule has 0 bridgehead atoms. The van der Waals surface area contributed by atoms with Gasteiger partial charge in [-0.3, -0.25) is 83.6 Å². The lowest BCUT2D eigenvalue weighted by Gasteiger charge is -2.20. The molecule has 0 aromatic carbocycles. The van der Waals surface area contributed by atoms with E-state index in [9.17, 15) is 57.5 Å². The lowest BCUT2D eigenvalue weighted by atomic mass is 10.3. The summed E-state index contributed by atoms with van der Waals surface area (Å²) in [6, 6.07) is -0.198. The summed E-state index contributed by atoms with van der Waals surface area (Å²) >= 11 is 0. The van der Waals surface area contributed by atoms with Crippen LogP contribution in [0.1, 0.15) is 191 Å². The van der Waals surface area contributed by atoms with Crippen LogP contribution in [-0.4, -0.2) is 171 Å². The van der Waals surface area contributed by atoms with Gasteiger partial charge in [-0.25, -0.2) is 28.8 Å². The fourth-order valence-corrected chi connectivity index (χ4v) is 13.7. The molecule has 0 radical (unpaired) electrons. The number of methoxy groups -OCH3 is 2. The molecule has 125 heavy (non-hydrogen) atoms. The monoisotopic (exact) mass is 1750 g/mol. The zero-order valence-corrected chi connectivity index (χ0v) is 76.1. The molecule has 12 atom stereocenters. The second-order valence-electron chi connectivity index (χ2n) is 31.2. The Kier molecular flexibility index (Phi) is 40.7. The first kappa shape index (κ1) is 102. The highest BCUT2D eigenvalue weighted by atomic mass is 16.6. The van der Waals surface area contributed by atoms with Gasteiger partial charge in [0.15, 0.2) is 37.4 Å².